The molecular weight excluding hydrogens is 834 g/mol. The first-order valence-electron chi connectivity index (χ1n) is 18.2. The SMILES string of the molecule is Cc1ccc(C)c(CCl)c1.O=CO[O-].[C-]#[N+]c1c(C2CCCCC2)[nH]c(=S)[nH]c1=O.[C-]#[N+]c1c(C2CCCCC2)nc(SCc2cc(C)ccc2C)[nH]c1=O.[H-].[K+].[K+]. The number of halogens is 1. The third-order valence-electron chi connectivity index (χ3n) is 9.63. The van der Waals surface area contributed by atoms with E-state index in [2.05, 4.69) is 98.6 Å². The number of thioether (sulfide) groups is 1. The van der Waals surface area contributed by atoms with Crippen molar-refractivity contribution in [1.29, 1.82) is 0 Å². The van der Waals surface area contributed by atoms with Gasteiger partial charge in [-0.3, -0.25) is 14.4 Å². The summed E-state index contributed by atoms with van der Waals surface area (Å²) in [5.41, 5.74) is 8.67. The number of hydrogen-bond acceptors (Lipinski definition) is 8. The Balaban J connectivity index is 0.000000847. The van der Waals surface area contributed by atoms with Crippen LogP contribution in [0.1, 0.15) is 122 Å². The predicted molar refractivity (Wildman–Crippen MR) is 220 cm³/mol. The number of aryl methyl sites for hydroxylation is 4. The number of hydrogen-bond donors (Lipinski definition) is 3. The van der Waals surface area contributed by atoms with E-state index >= 15 is 0 Å². The topological polar surface area (TPSA) is 152 Å². The van der Waals surface area contributed by atoms with Gasteiger partial charge in [-0.05, 0) is 99.7 Å². The van der Waals surface area contributed by atoms with Crippen LogP contribution in [0, 0.1) is 45.6 Å². The van der Waals surface area contributed by atoms with E-state index in [1.807, 2.05) is 0 Å². The Labute approximate surface area is 436 Å². The van der Waals surface area contributed by atoms with E-state index in [1.165, 1.54) is 58.0 Å². The van der Waals surface area contributed by atoms with E-state index in [0.717, 1.165) is 62.8 Å². The Hall–Kier alpha value is -1.26. The molecule has 57 heavy (non-hydrogen) atoms. The summed E-state index contributed by atoms with van der Waals surface area (Å²) in [6.07, 6.45) is 11.2. The van der Waals surface area contributed by atoms with E-state index in [-0.39, 0.29) is 139 Å². The van der Waals surface area contributed by atoms with E-state index in [9.17, 15) is 9.59 Å². The van der Waals surface area contributed by atoms with Crippen molar-refractivity contribution in [3.8, 4) is 0 Å². The van der Waals surface area contributed by atoms with Crippen molar-refractivity contribution in [2.24, 2.45) is 0 Å². The van der Waals surface area contributed by atoms with E-state index in [0.29, 0.717) is 27.4 Å². The summed E-state index contributed by atoms with van der Waals surface area (Å²) < 4.78 is 0.318. The van der Waals surface area contributed by atoms with Gasteiger partial charge < -0.3 is 26.5 Å². The van der Waals surface area contributed by atoms with E-state index in [4.69, 9.17) is 47.0 Å². The summed E-state index contributed by atoms with van der Waals surface area (Å²) in [6.45, 7) is 22.6. The minimum atomic E-state index is -0.362. The summed E-state index contributed by atoms with van der Waals surface area (Å²) in [5, 5.41) is 9.05. The van der Waals surface area contributed by atoms with E-state index < -0.39 is 0 Å². The van der Waals surface area contributed by atoms with Crippen LogP contribution in [0.4, 0.5) is 11.4 Å². The van der Waals surface area contributed by atoms with Crippen LogP contribution >= 0.6 is 35.6 Å². The Morgan fingerprint density at radius 2 is 1.33 bits per heavy atom. The number of aromatic amines is 3. The van der Waals surface area contributed by atoms with Gasteiger partial charge in [0.25, 0.3) is 29.0 Å². The van der Waals surface area contributed by atoms with Crippen LogP contribution in [0.2, 0.25) is 0 Å². The molecule has 4 aromatic rings. The minimum Gasteiger partial charge on any atom is -1.00 e. The van der Waals surface area contributed by atoms with Crippen molar-refractivity contribution in [3.05, 3.63) is 129 Å². The van der Waals surface area contributed by atoms with Gasteiger partial charge in [-0.15, -0.1) is 11.6 Å². The molecule has 2 heterocycles. The van der Waals surface area contributed by atoms with Crippen molar-refractivity contribution < 1.29 is 119 Å². The standard InChI is InChI=1S/C20H23N3OS.C11H13N3OS.C9H11Cl.CH2O3.2K.H/c1-13-9-10-14(2)16(11-13)12-25-20-22-17(15-7-5-4-6-8-15)18(21-3)19(24)23-20;1-12-9-8(7-5-3-2-4-6-7)13-11(16)14-10(9)15;1-7-3-4-8(2)9(5-7)6-10;2-1-4-3;;;/h9-11,15H,4-8,12H2,1-2H3,(H,22,23,24);7H,2-6H2,(H2,13,14,15,16);3-5H,6H2,1-2H3;1,3H;;;/q;;;;2*+1;-1/p-1. The maximum absolute atomic E-state index is 12.3. The Kier molecular flexibility index (Phi) is 27.4. The first-order valence-corrected chi connectivity index (χ1v) is 20.2. The number of aromatic nitrogens is 4. The molecule has 0 unspecified atom stereocenters. The van der Waals surface area contributed by atoms with Gasteiger partial charge in [-0.2, -0.15) is 0 Å². The summed E-state index contributed by atoms with van der Waals surface area (Å²) in [4.78, 5) is 54.9. The van der Waals surface area contributed by atoms with Gasteiger partial charge in [-0.25, -0.2) is 14.7 Å². The third-order valence-corrected chi connectivity index (χ3v) is 11.0. The predicted octanol–water partition coefficient (Wildman–Crippen LogP) is 3.91. The Morgan fingerprint density at radius 3 is 1.82 bits per heavy atom. The molecule has 3 N–H and O–H groups in total. The Bertz CT molecular complexity index is 2160. The molecule has 0 saturated heterocycles. The molecule has 0 aliphatic heterocycles. The minimum absolute atomic E-state index is 0. The average Bonchev–Trinajstić information content (AvgIpc) is 3.20. The second-order valence-electron chi connectivity index (χ2n) is 13.6. The molecule has 2 aromatic heterocycles. The van der Waals surface area contributed by atoms with Gasteiger partial charge in [0.2, 0.25) is 0 Å². The van der Waals surface area contributed by atoms with Crippen LogP contribution in [-0.4, -0.2) is 26.4 Å². The number of benzene rings is 2. The molecule has 0 amide bonds. The quantitative estimate of drug-likeness (QED) is 0.0291. The zero-order valence-corrected chi connectivity index (χ0v) is 42.4. The van der Waals surface area contributed by atoms with Crippen molar-refractivity contribution in [2.45, 2.75) is 121 Å². The van der Waals surface area contributed by atoms with Gasteiger partial charge in [0, 0.05) is 17.3 Å². The molecule has 0 atom stereocenters. The molecule has 2 fully saturated rings. The number of carbonyl (C=O) groups is 1. The third kappa shape index (κ3) is 17.7. The molecule has 0 radical (unpaired) electrons. The number of rotatable bonds is 7. The maximum atomic E-state index is 12.3. The Morgan fingerprint density at radius 1 is 0.842 bits per heavy atom. The fourth-order valence-electron chi connectivity index (χ4n) is 6.64. The normalized spacial score (nSPS) is 13.5. The van der Waals surface area contributed by atoms with Gasteiger partial charge in [0.05, 0.1) is 18.8 Å². The monoisotopic (exact) mass is 882 g/mol. The molecule has 16 heteroatoms. The van der Waals surface area contributed by atoms with Gasteiger partial charge >= 0.3 is 103 Å². The zero-order chi connectivity index (χ0) is 40.3. The van der Waals surface area contributed by atoms with Crippen molar-refractivity contribution in [2.75, 3.05) is 0 Å². The molecule has 294 valence electrons. The van der Waals surface area contributed by atoms with Crippen molar-refractivity contribution in [3.63, 3.8) is 0 Å². The molecule has 0 bridgehead atoms. The largest absolute Gasteiger partial charge is 1.00 e. The van der Waals surface area contributed by atoms with Crippen LogP contribution in [0.3, 0.4) is 0 Å². The van der Waals surface area contributed by atoms with Crippen LogP contribution in [0.15, 0.2) is 51.1 Å². The summed E-state index contributed by atoms with van der Waals surface area (Å²) in [5.74, 6) is 1.92. The maximum Gasteiger partial charge on any atom is 1.00 e. The number of nitrogens with zero attached hydrogens (tertiary/aromatic N) is 3. The first-order chi connectivity index (χ1) is 26.4. The summed E-state index contributed by atoms with van der Waals surface area (Å²) >= 11 is 12.2. The van der Waals surface area contributed by atoms with Crippen molar-refractivity contribution >= 4 is 53.4 Å². The number of carbonyl (C=O) groups excluding carboxylic acids is 1. The first kappa shape index (κ1) is 53.8. The molecule has 2 aromatic carbocycles. The fraction of sp³-hybridized carbons (Fsp3) is 0.439. The van der Waals surface area contributed by atoms with Gasteiger partial charge in [0.15, 0.2) is 9.93 Å². The number of nitrogens with one attached hydrogen (secondary N) is 3. The number of alkyl halides is 1. The summed E-state index contributed by atoms with van der Waals surface area (Å²) in [7, 11) is 0. The molecular formula is C41H49ClK2N6O5S2. The van der Waals surface area contributed by atoms with Crippen molar-refractivity contribution in [1.82, 2.24) is 19.9 Å². The molecule has 2 saturated carbocycles. The van der Waals surface area contributed by atoms with Crippen LogP contribution in [-0.2, 0) is 21.3 Å². The van der Waals surface area contributed by atoms with Crippen LogP contribution in [0.25, 0.3) is 9.69 Å². The van der Waals surface area contributed by atoms with Gasteiger partial charge in [0.1, 0.15) is 0 Å². The smallest absolute Gasteiger partial charge is 1.00 e. The molecule has 6 rings (SSSR count). The number of H-pyrrole nitrogens is 3. The molecule has 0 spiro atoms. The zero-order valence-electron chi connectivity index (χ0n) is 34.8. The molecule has 2 aliphatic rings. The van der Waals surface area contributed by atoms with Gasteiger partial charge in [-0.1, -0.05) is 97.8 Å². The van der Waals surface area contributed by atoms with Crippen LogP contribution < -0.4 is 119 Å². The second kappa shape index (κ2) is 29.1. The average molecular weight is 884 g/mol. The van der Waals surface area contributed by atoms with Crippen LogP contribution in [0.5, 0.6) is 0 Å². The summed E-state index contributed by atoms with van der Waals surface area (Å²) in [6, 6.07) is 12.7. The molecule has 11 nitrogen and oxygen atoms in total. The second-order valence-corrected chi connectivity index (χ2v) is 15.3. The fourth-order valence-corrected chi connectivity index (χ4v) is 8.06. The molecule has 2 aliphatic carbocycles. The van der Waals surface area contributed by atoms with E-state index in [1.54, 1.807) is 0 Å².